The zero-order chi connectivity index (χ0) is 38.2. The average Bonchev–Trinajstić information content (AvgIpc) is 3.14. The van der Waals surface area contributed by atoms with Crippen molar-refractivity contribution in [3.63, 3.8) is 0 Å². The molecule has 3 aliphatic rings. The number of aliphatic hydroxyl groups excluding tert-OH is 5. The standard InChI is InChI=1S/C38H45NO12S2/c1-18-12-22-23(17-42)26(49-2)15-27-30(22)32(44)29(18)25(43)14-20(16-41)52-53-28(13-19-6-4-3-5-7-19)31-21(9-11-40)24(39)8-10-38(31,48)36-34(46)33(45)35(47)37(50-27)51-36/h3-8,10-12,15,20-21,24,28,31,33-37,41-42,44-48H,9,13-14,16-17,39H2,1-2H3. The van der Waals surface area contributed by atoms with Gasteiger partial charge in [-0.1, -0.05) is 64.1 Å². The van der Waals surface area contributed by atoms with Gasteiger partial charge in [-0.3, -0.25) is 4.79 Å². The lowest BCUT2D eigenvalue weighted by atomic mass is 9.63. The minimum Gasteiger partial charge on any atom is -0.506 e. The van der Waals surface area contributed by atoms with Crippen LogP contribution in [0.2, 0.25) is 0 Å². The van der Waals surface area contributed by atoms with E-state index in [2.05, 4.69) is 0 Å². The number of carbonyl (C=O) groups excluding carboxylic acids is 2. The van der Waals surface area contributed by atoms with Crippen molar-refractivity contribution >= 4 is 44.4 Å². The molecule has 3 aromatic rings. The number of ether oxygens (including phenoxy) is 3. The molecule has 2 aliphatic heterocycles. The molecule has 3 aromatic carbocycles. The van der Waals surface area contributed by atoms with Crippen LogP contribution in [0.3, 0.4) is 0 Å². The molecule has 11 unspecified atom stereocenters. The van der Waals surface area contributed by atoms with Crippen molar-refractivity contribution in [2.75, 3.05) is 13.7 Å². The van der Waals surface area contributed by atoms with Gasteiger partial charge in [-0.25, -0.2) is 0 Å². The number of hydrogen-bond acceptors (Lipinski definition) is 15. The van der Waals surface area contributed by atoms with E-state index < -0.39 is 89.4 Å². The second kappa shape index (κ2) is 16.3. The second-order valence-corrected chi connectivity index (χ2v) is 16.6. The Labute approximate surface area is 314 Å². The van der Waals surface area contributed by atoms with Crippen LogP contribution in [0, 0.1) is 18.8 Å². The van der Waals surface area contributed by atoms with E-state index in [1.165, 1.54) is 46.9 Å². The summed E-state index contributed by atoms with van der Waals surface area (Å²) >= 11 is 0. The fourth-order valence-corrected chi connectivity index (χ4v) is 11.2. The van der Waals surface area contributed by atoms with Crippen LogP contribution in [0.25, 0.3) is 10.8 Å². The monoisotopic (exact) mass is 771 g/mol. The minimum absolute atomic E-state index is 0.0273. The molecule has 53 heavy (non-hydrogen) atoms. The van der Waals surface area contributed by atoms with Crippen LogP contribution in [0.1, 0.15) is 39.9 Å². The van der Waals surface area contributed by atoms with Gasteiger partial charge in [-0.2, -0.15) is 0 Å². The number of phenolic OH excluding ortho intramolecular Hbond substituents is 1. The molecule has 0 aromatic heterocycles. The normalized spacial score (nSPS) is 33.3. The molecular weight excluding hydrogens is 727 g/mol. The van der Waals surface area contributed by atoms with E-state index in [4.69, 9.17) is 19.9 Å². The molecule has 2 heterocycles. The van der Waals surface area contributed by atoms with Gasteiger partial charge < -0.3 is 60.5 Å². The highest BCUT2D eigenvalue weighted by molar-refractivity contribution is 8.77. The highest BCUT2D eigenvalue weighted by Crippen LogP contribution is 2.51. The summed E-state index contributed by atoms with van der Waals surface area (Å²) in [6.07, 6.45) is -5.43. The summed E-state index contributed by atoms with van der Waals surface area (Å²) in [6.45, 7) is 0.691. The van der Waals surface area contributed by atoms with Crippen LogP contribution >= 0.6 is 21.6 Å². The summed E-state index contributed by atoms with van der Waals surface area (Å²) in [5.41, 5.74) is 5.94. The average molecular weight is 772 g/mol. The fraction of sp³-hybridized carbons (Fsp3) is 0.474. The third kappa shape index (κ3) is 7.32. The third-order valence-corrected chi connectivity index (χ3v) is 13.9. The summed E-state index contributed by atoms with van der Waals surface area (Å²) in [6, 6.07) is 11.6. The second-order valence-electron chi connectivity index (χ2n) is 13.8. The molecule has 6 rings (SSSR count). The summed E-state index contributed by atoms with van der Waals surface area (Å²) in [7, 11) is 3.85. The lowest BCUT2D eigenvalue weighted by molar-refractivity contribution is -0.306. The van der Waals surface area contributed by atoms with E-state index in [1.54, 1.807) is 13.0 Å². The molecule has 1 fully saturated rings. The van der Waals surface area contributed by atoms with E-state index in [9.17, 15) is 45.3 Å². The van der Waals surface area contributed by atoms with Gasteiger partial charge in [0.05, 0.1) is 31.3 Å². The van der Waals surface area contributed by atoms with Crippen LogP contribution in [-0.2, 0) is 22.6 Å². The molecule has 0 saturated carbocycles. The number of nitrogens with two attached hydrogens (primary N) is 1. The SMILES string of the molecule is COc1cc2c3c(O)c(c(C)cc3c1CO)C(=O)CC(CO)SSC(Cc1ccccc1)C1C(CC=O)C(N)C=CC1(O)C1OC(O2)C(O)C(O)C1O. The summed E-state index contributed by atoms with van der Waals surface area (Å²) < 4.78 is 18.0. The molecule has 0 amide bonds. The van der Waals surface area contributed by atoms with Crippen molar-refractivity contribution in [2.45, 2.75) is 85.6 Å². The Morgan fingerprint density at radius 1 is 1.08 bits per heavy atom. The summed E-state index contributed by atoms with van der Waals surface area (Å²) in [5.74, 6) is -2.63. The Hall–Kier alpha value is -3.22. The van der Waals surface area contributed by atoms with Crippen molar-refractivity contribution in [2.24, 2.45) is 17.6 Å². The maximum Gasteiger partial charge on any atom is 0.229 e. The third-order valence-electron chi connectivity index (χ3n) is 10.6. The first-order valence-corrected chi connectivity index (χ1v) is 19.6. The fourth-order valence-electron chi connectivity index (χ4n) is 7.97. The zero-order valence-corrected chi connectivity index (χ0v) is 30.8. The molecule has 1 saturated heterocycles. The molecule has 286 valence electrons. The predicted octanol–water partition coefficient (Wildman–Crippen LogP) is 1.93. The first-order chi connectivity index (χ1) is 25.4. The number of ketones is 1. The van der Waals surface area contributed by atoms with Gasteiger partial charge in [-0.15, -0.1) is 0 Å². The Kier molecular flexibility index (Phi) is 12.1. The maximum absolute atomic E-state index is 14.0. The van der Waals surface area contributed by atoms with E-state index in [1.807, 2.05) is 30.3 Å². The number of phenols is 1. The molecule has 0 spiro atoms. The lowest BCUT2D eigenvalue weighted by Crippen LogP contribution is -2.69. The zero-order valence-electron chi connectivity index (χ0n) is 29.1. The molecule has 9 N–H and O–H groups in total. The molecule has 1 aliphatic carbocycles. The topological polar surface area (TPSA) is 229 Å². The number of Topliss-reactive ketones (excluding diaryl/α,β-unsaturated/α-hetero) is 1. The number of aryl methyl sites for hydroxylation is 1. The first kappa shape index (κ1) is 39.5. The Balaban J connectivity index is 1.59. The Morgan fingerprint density at radius 3 is 2.47 bits per heavy atom. The molecule has 4 bridgehead atoms. The van der Waals surface area contributed by atoms with Crippen molar-refractivity contribution in [3.05, 3.63) is 76.9 Å². The van der Waals surface area contributed by atoms with Crippen LogP contribution in [0.5, 0.6) is 17.2 Å². The number of hydrogen-bond donors (Lipinski definition) is 8. The molecule has 0 radical (unpaired) electrons. The van der Waals surface area contributed by atoms with E-state index in [-0.39, 0.29) is 46.2 Å². The van der Waals surface area contributed by atoms with Crippen LogP contribution in [0.4, 0.5) is 0 Å². The highest BCUT2D eigenvalue weighted by Gasteiger charge is 2.60. The van der Waals surface area contributed by atoms with Crippen molar-refractivity contribution in [1.29, 1.82) is 0 Å². The highest BCUT2D eigenvalue weighted by atomic mass is 33.1. The van der Waals surface area contributed by atoms with E-state index >= 15 is 0 Å². The van der Waals surface area contributed by atoms with Crippen molar-refractivity contribution < 1.29 is 59.5 Å². The number of aromatic hydroxyl groups is 1. The van der Waals surface area contributed by atoms with Crippen LogP contribution in [0.15, 0.2) is 54.6 Å². The van der Waals surface area contributed by atoms with Crippen molar-refractivity contribution in [3.8, 4) is 17.2 Å². The molecular formula is C38H45NO12S2. The number of methoxy groups -OCH3 is 1. The number of rotatable bonds is 7. The number of fused-ring (bicyclic) bond motifs is 5. The van der Waals surface area contributed by atoms with Crippen molar-refractivity contribution in [1.82, 2.24) is 0 Å². The van der Waals surface area contributed by atoms with Gasteiger partial charge in [0.1, 0.15) is 53.6 Å². The van der Waals surface area contributed by atoms with Gasteiger partial charge in [0, 0.05) is 46.9 Å². The maximum atomic E-state index is 14.0. The van der Waals surface area contributed by atoms with Crippen LogP contribution in [-0.4, -0.2) is 114 Å². The van der Waals surface area contributed by atoms with Gasteiger partial charge in [0.15, 0.2) is 5.78 Å². The Bertz CT molecular complexity index is 1850. The smallest absolute Gasteiger partial charge is 0.229 e. The van der Waals surface area contributed by atoms with Gasteiger partial charge in [0.2, 0.25) is 6.29 Å². The minimum atomic E-state index is -2.13. The first-order valence-electron chi connectivity index (χ1n) is 17.3. The van der Waals surface area contributed by atoms with E-state index in [0.717, 1.165) is 5.56 Å². The summed E-state index contributed by atoms with van der Waals surface area (Å²) in [5, 5.41) is 78.7. The Morgan fingerprint density at radius 2 is 1.81 bits per heavy atom. The van der Waals surface area contributed by atoms with E-state index in [0.29, 0.717) is 18.3 Å². The quantitative estimate of drug-likeness (QED) is 0.0975. The van der Waals surface area contributed by atoms with Gasteiger partial charge >= 0.3 is 0 Å². The lowest BCUT2D eigenvalue weighted by Gasteiger charge is -2.53. The molecule has 15 heteroatoms. The van der Waals surface area contributed by atoms with Crippen LogP contribution < -0.4 is 15.2 Å². The number of aldehydes is 1. The molecule has 13 nitrogen and oxygen atoms in total. The van der Waals surface area contributed by atoms with Gasteiger partial charge in [0.25, 0.3) is 0 Å². The number of aliphatic hydroxyl groups is 6. The van der Waals surface area contributed by atoms with Gasteiger partial charge in [-0.05, 0) is 41.8 Å². The number of carbonyl (C=O) groups is 2. The largest absolute Gasteiger partial charge is 0.506 e. The summed E-state index contributed by atoms with van der Waals surface area (Å²) in [4.78, 5) is 26.2. The number of benzene rings is 3. The molecule has 11 atom stereocenters. The predicted molar refractivity (Wildman–Crippen MR) is 199 cm³/mol.